The molecule has 1 unspecified atom stereocenters. The molecule has 0 radical (unpaired) electrons. The highest BCUT2D eigenvalue weighted by Crippen LogP contribution is 2.25. The number of rotatable bonds is 2. The van der Waals surface area contributed by atoms with Crippen LogP contribution in [0.15, 0.2) is 6.07 Å². The molecule has 1 aliphatic rings. The van der Waals surface area contributed by atoms with Crippen molar-refractivity contribution < 1.29 is 14.3 Å². The minimum atomic E-state index is -0.448. The Morgan fingerprint density at radius 1 is 1.56 bits per heavy atom. The van der Waals surface area contributed by atoms with Crippen molar-refractivity contribution in [3.05, 3.63) is 17.0 Å². The Hall–Kier alpha value is -1.69. The average Bonchev–Trinajstić information content (AvgIpc) is 2.69. The molecule has 0 aliphatic carbocycles. The third kappa shape index (κ3) is 2.43. The number of carbonyl (C=O) groups excluding carboxylic acids is 2. The highest BCUT2D eigenvalue weighted by Gasteiger charge is 2.36. The molecule has 0 bridgehead atoms. The van der Waals surface area contributed by atoms with Crippen molar-refractivity contribution in [3.8, 4) is 0 Å². The quantitative estimate of drug-likeness (QED) is 0.591. The zero-order valence-electron chi connectivity index (χ0n) is 10.0. The number of aryl methyl sites for hydroxylation is 1. The molecule has 1 saturated heterocycles. The molecule has 18 heavy (non-hydrogen) atoms. The number of ether oxygens (including phenoxy) is 1. The van der Waals surface area contributed by atoms with Crippen molar-refractivity contribution in [2.75, 3.05) is 18.6 Å². The molecule has 0 spiro atoms. The standard InChI is InChI=1S/C11H12ClN3O3/c1-6-13-8(12)4-9(14-6)15-5-7(3-10(15)16)11(17)18-2/h4,7H,3,5H2,1-2H3. The Morgan fingerprint density at radius 2 is 2.28 bits per heavy atom. The van der Waals surface area contributed by atoms with Gasteiger partial charge in [-0.1, -0.05) is 11.6 Å². The molecule has 96 valence electrons. The fraction of sp³-hybridized carbons (Fsp3) is 0.455. The largest absolute Gasteiger partial charge is 0.469 e. The van der Waals surface area contributed by atoms with Gasteiger partial charge in [-0.2, -0.15) is 0 Å². The molecule has 1 amide bonds. The van der Waals surface area contributed by atoms with Crippen LogP contribution >= 0.6 is 11.6 Å². The van der Waals surface area contributed by atoms with Gasteiger partial charge in [-0.05, 0) is 6.92 Å². The van der Waals surface area contributed by atoms with Gasteiger partial charge in [0.1, 0.15) is 16.8 Å². The Balaban J connectivity index is 2.24. The van der Waals surface area contributed by atoms with E-state index in [9.17, 15) is 9.59 Å². The van der Waals surface area contributed by atoms with Gasteiger partial charge in [0.15, 0.2) is 0 Å². The Bertz CT molecular complexity index is 486. The molecule has 2 heterocycles. The first-order chi connectivity index (χ1) is 8.51. The maximum atomic E-state index is 11.8. The summed E-state index contributed by atoms with van der Waals surface area (Å²) in [6, 6.07) is 1.51. The summed E-state index contributed by atoms with van der Waals surface area (Å²) in [5.41, 5.74) is 0. The lowest BCUT2D eigenvalue weighted by atomic mass is 10.1. The van der Waals surface area contributed by atoms with Gasteiger partial charge in [0, 0.05) is 19.0 Å². The predicted octanol–water partition coefficient (Wildman–Crippen LogP) is 0.964. The number of hydrogen-bond acceptors (Lipinski definition) is 5. The van der Waals surface area contributed by atoms with Crippen LogP contribution in [0.5, 0.6) is 0 Å². The van der Waals surface area contributed by atoms with Crippen LogP contribution in [-0.2, 0) is 14.3 Å². The lowest BCUT2D eigenvalue weighted by Gasteiger charge is -2.15. The van der Waals surface area contributed by atoms with Gasteiger partial charge in [0.2, 0.25) is 5.91 Å². The number of halogens is 1. The maximum Gasteiger partial charge on any atom is 0.311 e. The second kappa shape index (κ2) is 4.89. The summed E-state index contributed by atoms with van der Waals surface area (Å²) in [5.74, 6) is -0.102. The number of amides is 1. The summed E-state index contributed by atoms with van der Waals surface area (Å²) in [4.78, 5) is 32.8. The van der Waals surface area contributed by atoms with E-state index >= 15 is 0 Å². The zero-order chi connectivity index (χ0) is 13.3. The van der Waals surface area contributed by atoms with Crippen LogP contribution in [0.3, 0.4) is 0 Å². The van der Waals surface area contributed by atoms with Crippen molar-refractivity contribution >= 4 is 29.3 Å². The first-order valence-corrected chi connectivity index (χ1v) is 5.78. The molecule has 2 rings (SSSR count). The molecule has 1 atom stereocenters. The van der Waals surface area contributed by atoms with E-state index in [1.54, 1.807) is 6.92 Å². The molecular weight excluding hydrogens is 258 g/mol. The number of anilines is 1. The minimum Gasteiger partial charge on any atom is -0.469 e. The van der Waals surface area contributed by atoms with Crippen molar-refractivity contribution in [3.63, 3.8) is 0 Å². The van der Waals surface area contributed by atoms with Crippen molar-refractivity contribution in [1.82, 2.24) is 9.97 Å². The van der Waals surface area contributed by atoms with Gasteiger partial charge in [-0.25, -0.2) is 9.97 Å². The fourth-order valence-corrected chi connectivity index (χ4v) is 2.13. The molecule has 1 aliphatic heterocycles. The maximum absolute atomic E-state index is 11.8. The number of methoxy groups -OCH3 is 1. The smallest absolute Gasteiger partial charge is 0.311 e. The Kier molecular flexibility index (Phi) is 3.47. The first kappa shape index (κ1) is 12.8. The highest BCUT2D eigenvalue weighted by molar-refractivity contribution is 6.29. The number of carbonyl (C=O) groups is 2. The molecule has 6 nitrogen and oxygen atoms in total. The van der Waals surface area contributed by atoms with E-state index in [2.05, 4.69) is 14.7 Å². The highest BCUT2D eigenvalue weighted by atomic mass is 35.5. The van der Waals surface area contributed by atoms with Gasteiger partial charge >= 0.3 is 5.97 Å². The predicted molar refractivity (Wildman–Crippen MR) is 64.3 cm³/mol. The molecule has 0 saturated carbocycles. The van der Waals surface area contributed by atoms with Crippen LogP contribution in [0.2, 0.25) is 5.15 Å². The van der Waals surface area contributed by atoms with Gasteiger partial charge in [0.25, 0.3) is 0 Å². The summed E-state index contributed by atoms with van der Waals surface area (Å²) in [6.07, 6.45) is 0.132. The summed E-state index contributed by atoms with van der Waals surface area (Å²) in [5, 5.41) is 0.270. The van der Waals surface area contributed by atoms with Crippen LogP contribution in [0.1, 0.15) is 12.2 Å². The van der Waals surface area contributed by atoms with Gasteiger partial charge in [-0.15, -0.1) is 0 Å². The van der Waals surface area contributed by atoms with Crippen molar-refractivity contribution in [1.29, 1.82) is 0 Å². The van der Waals surface area contributed by atoms with E-state index in [1.165, 1.54) is 18.1 Å². The topological polar surface area (TPSA) is 72.4 Å². The SMILES string of the molecule is COC(=O)C1CC(=O)N(c2cc(Cl)nc(C)n2)C1. The normalized spacial score (nSPS) is 19.2. The Morgan fingerprint density at radius 3 is 2.89 bits per heavy atom. The van der Waals surface area contributed by atoms with E-state index < -0.39 is 5.92 Å². The number of hydrogen-bond donors (Lipinski definition) is 0. The molecule has 1 fully saturated rings. The van der Waals surface area contributed by atoms with E-state index in [0.29, 0.717) is 11.6 Å². The number of nitrogens with zero attached hydrogens (tertiary/aromatic N) is 3. The van der Waals surface area contributed by atoms with E-state index in [1.807, 2.05) is 0 Å². The summed E-state index contributed by atoms with van der Waals surface area (Å²) < 4.78 is 4.64. The zero-order valence-corrected chi connectivity index (χ0v) is 10.8. The lowest BCUT2D eigenvalue weighted by Crippen LogP contribution is -2.27. The van der Waals surface area contributed by atoms with Gasteiger partial charge in [-0.3, -0.25) is 14.5 Å². The van der Waals surface area contributed by atoms with Crippen LogP contribution in [-0.4, -0.2) is 35.5 Å². The molecule has 0 N–H and O–H groups in total. The van der Waals surface area contributed by atoms with Crippen LogP contribution in [0.4, 0.5) is 5.82 Å². The molecule has 1 aromatic heterocycles. The van der Waals surface area contributed by atoms with Gasteiger partial charge < -0.3 is 4.74 Å². The van der Waals surface area contributed by atoms with Crippen LogP contribution in [0, 0.1) is 12.8 Å². The van der Waals surface area contributed by atoms with E-state index in [0.717, 1.165) is 0 Å². The van der Waals surface area contributed by atoms with Crippen LogP contribution in [0.25, 0.3) is 0 Å². The fourth-order valence-electron chi connectivity index (χ4n) is 1.91. The summed E-state index contributed by atoms with van der Waals surface area (Å²) in [7, 11) is 1.31. The van der Waals surface area contributed by atoms with E-state index in [4.69, 9.17) is 11.6 Å². The average molecular weight is 270 g/mol. The molecule has 1 aromatic rings. The Labute approximate surface area is 109 Å². The monoisotopic (exact) mass is 269 g/mol. The second-order valence-electron chi connectivity index (χ2n) is 4.02. The van der Waals surface area contributed by atoms with Crippen molar-refractivity contribution in [2.45, 2.75) is 13.3 Å². The van der Waals surface area contributed by atoms with Crippen LogP contribution < -0.4 is 4.90 Å². The minimum absolute atomic E-state index is 0.132. The molecule has 7 heteroatoms. The first-order valence-electron chi connectivity index (χ1n) is 5.40. The number of aromatic nitrogens is 2. The molecular formula is C11H12ClN3O3. The third-order valence-corrected chi connectivity index (χ3v) is 2.92. The number of esters is 1. The molecule has 0 aromatic carbocycles. The van der Waals surface area contributed by atoms with E-state index in [-0.39, 0.29) is 30.0 Å². The summed E-state index contributed by atoms with van der Waals surface area (Å²) >= 11 is 5.82. The second-order valence-corrected chi connectivity index (χ2v) is 4.41. The third-order valence-electron chi connectivity index (χ3n) is 2.73. The summed E-state index contributed by atoms with van der Waals surface area (Å²) in [6.45, 7) is 1.95. The lowest BCUT2D eigenvalue weighted by molar-refractivity contribution is -0.145. The van der Waals surface area contributed by atoms with Crippen molar-refractivity contribution in [2.24, 2.45) is 5.92 Å². The van der Waals surface area contributed by atoms with Gasteiger partial charge in [0.05, 0.1) is 13.0 Å².